The van der Waals surface area contributed by atoms with Crippen molar-refractivity contribution < 1.29 is 4.74 Å². The lowest BCUT2D eigenvalue weighted by Crippen LogP contribution is -2.13. The van der Waals surface area contributed by atoms with Crippen LogP contribution in [0.2, 0.25) is 0 Å². The Hall–Kier alpha value is -1.40. The molecule has 3 heterocycles. The molecular formula is C11H11BrN4O. The van der Waals surface area contributed by atoms with Crippen LogP contribution in [-0.2, 0) is 17.8 Å². The van der Waals surface area contributed by atoms with Crippen molar-refractivity contribution in [1.82, 2.24) is 14.8 Å². The van der Waals surface area contributed by atoms with Gasteiger partial charge in [-0.25, -0.2) is 4.68 Å². The average Bonchev–Trinajstić information content (AvgIpc) is 2.68. The van der Waals surface area contributed by atoms with Crippen molar-refractivity contribution in [3.8, 4) is 5.69 Å². The third kappa shape index (κ3) is 1.83. The van der Waals surface area contributed by atoms with Crippen molar-refractivity contribution in [2.24, 2.45) is 0 Å². The summed E-state index contributed by atoms with van der Waals surface area (Å²) < 4.78 is 8.16. The van der Waals surface area contributed by atoms with Gasteiger partial charge in [0.1, 0.15) is 0 Å². The Bertz CT molecular complexity index is 567. The fourth-order valence-corrected chi connectivity index (χ4v) is 2.34. The fourth-order valence-electron chi connectivity index (χ4n) is 1.99. The van der Waals surface area contributed by atoms with E-state index in [0.29, 0.717) is 19.0 Å². The zero-order valence-electron chi connectivity index (χ0n) is 9.06. The van der Waals surface area contributed by atoms with Crippen LogP contribution in [0, 0.1) is 0 Å². The standard InChI is InChI=1S/C11H11BrN4O/c12-7-3-8(5-14-4-7)16-10-1-2-17-6-9(10)11(13)15-16/h3-5H,1-2,6H2,(H2,13,15). The summed E-state index contributed by atoms with van der Waals surface area (Å²) in [7, 11) is 0. The number of hydrogen-bond donors (Lipinski definition) is 1. The minimum Gasteiger partial charge on any atom is -0.382 e. The van der Waals surface area contributed by atoms with Crippen LogP contribution in [0.3, 0.4) is 0 Å². The van der Waals surface area contributed by atoms with Gasteiger partial charge in [0.2, 0.25) is 0 Å². The number of pyridine rings is 1. The van der Waals surface area contributed by atoms with Crippen LogP contribution in [0.15, 0.2) is 22.9 Å². The van der Waals surface area contributed by atoms with Gasteiger partial charge in [0.05, 0.1) is 30.8 Å². The summed E-state index contributed by atoms with van der Waals surface area (Å²) in [5.74, 6) is 0.541. The maximum absolute atomic E-state index is 5.89. The van der Waals surface area contributed by atoms with Crippen molar-refractivity contribution in [1.29, 1.82) is 0 Å². The first-order valence-electron chi connectivity index (χ1n) is 5.30. The molecule has 0 saturated heterocycles. The highest BCUT2D eigenvalue weighted by Crippen LogP contribution is 2.25. The molecule has 0 aliphatic carbocycles. The molecule has 2 aromatic rings. The van der Waals surface area contributed by atoms with E-state index in [2.05, 4.69) is 26.0 Å². The summed E-state index contributed by atoms with van der Waals surface area (Å²) in [6.45, 7) is 1.25. The second-order valence-electron chi connectivity index (χ2n) is 3.89. The number of anilines is 1. The molecule has 88 valence electrons. The first-order chi connectivity index (χ1) is 8.25. The third-order valence-electron chi connectivity index (χ3n) is 2.79. The molecule has 3 rings (SSSR count). The van der Waals surface area contributed by atoms with Crippen LogP contribution in [0.5, 0.6) is 0 Å². The van der Waals surface area contributed by atoms with Gasteiger partial charge < -0.3 is 10.5 Å². The molecule has 17 heavy (non-hydrogen) atoms. The van der Waals surface area contributed by atoms with Crippen molar-refractivity contribution in [2.75, 3.05) is 12.3 Å². The molecule has 0 radical (unpaired) electrons. The predicted molar refractivity (Wildman–Crippen MR) is 66.8 cm³/mol. The smallest absolute Gasteiger partial charge is 0.151 e. The van der Waals surface area contributed by atoms with E-state index in [4.69, 9.17) is 10.5 Å². The number of fused-ring (bicyclic) bond motifs is 1. The Labute approximate surface area is 107 Å². The Morgan fingerprint density at radius 1 is 1.41 bits per heavy atom. The molecule has 2 aromatic heterocycles. The zero-order valence-corrected chi connectivity index (χ0v) is 10.6. The summed E-state index contributed by atoms with van der Waals surface area (Å²) >= 11 is 3.40. The summed E-state index contributed by atoms with van der Waals surface area (Å²) in [5, 5.41) is 4.36. The monoisotopic (exact) mass is 294 g/mol. The van der Waals surface area contributed by atoms with E-state index in [9.17, 15) is 0 Å². The van der Waals surface area contributed by atoms with Gasteiger partial charge in [-0.05, 0) is 22.0 Å². The lowest BCUT2D eigenvalue weighted by molar-refractivity contribution is 0.110. The number of nitrogens with zero attached hydrogens (tertiary/aromatic N) is 3. The van der Waals surface area contributed by atoms with Gasteiger partial charge in [-0.15, -0.1) is 5.10 Å². The van der Waals surface area contributed by atoms with E-state index in [1.54, 1.807) is 12.4 Å². The van der Waals surface area contributed by atoms with Gasteiger partial charge in [0, 0.05) is 22.7 Å². The van der Waals surface area contributed by atoms with Crippen LogP contribution < -0.4 is 5.73 Å². The molecule has 6 heteroatoms. The maximum Gasteiger partial charge on any atom is 0.151 e. The maximum atomic E-state index is 5.89. The quantitative estimate of drug-likeness (QED) is 0.869. The Morgan fingerprint density at radius 2 is 2.29 bits per heavy atom. The zero-order chi connectivity index (χ0) is 11.8. The van der Waals surface area contributed by atoms with E-state index in [1.165, 1.54) is 0 Å². The highest BCUT2D eigenvalue weighted by Gasteiger charge is 2.20. The van der Waals surface area contributed by atoms with Crippen molar-refractivity contribution in [2.45, 2.75) is 13.0 Å². The molecule has 0 unspecified atom stereocenters. The molecule has 0 aromatic carbocycles. The van der Waals surface area contributed by atoms with E-state index in [0.717, 1.165) is 27.8 Å². The lowest BCUT2D eigenvalue weighted by atomic mass is 10.1. The predicted octanol–water partition coefficient (Wildman–Crippen LogP) is 1.68. The van der Waals surface area contributed by atoms with Crippen LogP contribution >= 0.6 is 15.9 Å². The second-order valence-corrected chi connectivity index (χ2v) is 4.80. The average molecular weight is 295 g/mol. The molecule has 5 nitrogen and oxygen atoms in total. The molecule has 0 spiro atoms. The SMILES string of the molecule is Nc1nn(-c2cncc(Br)c2)c2c1COCC2. The number of nitrogens with two attached hydrogens (primary N) is 1. The molecule has 0 amide bonds. The van der Waals surface area contributed by atoms with Crippen LogP contribution in [-0.4, -0.2) is 21.4 Å². The normalized spacial score (nSPS) is 14.6. The van der Waals surface area contributed by atoms with Gasteiger partial charge in [0.15, 0.2) is 5.82 Å². The molecule has 0 fully saturated rings. The van der Waals surface area contributed by atoms with Gasteiger partial charge in [-0.2, -0.15) is 0 Å². The largest absolute Gasteiger partial charge is 0.382 e. The second kappa shape index (κ2) is 4.12. The Kier molecular flexibility index (Phi) is 2.60. The topological polar surface area (TPSA) is 66.0 Å². The van der Waals surface area contributed by atoms with E-state index in [-0.39, 0.29) is 0 Å². The van der Waals surface area contributed by atoms with Crippen molar-refractivity contribution >= 4 is 21.7 Å². The van der Waals surface area contributed by atoms with Gasteiger partial charge in [0.25, 0.3) is 0 Å². The van der Waals surface area contributed by atoms with Crippen LogP contribution in [0.4, 0.5) is 5.82 Å². The summed E-state index contributed by atoms with van der Waals surface area (Å²) in [4.78, 5) is 4.14. The van der Waals surface area contributed by atoms with Crippen molar-refractivity contribution in [3.05, 3.63) is 34.2 Å². The first kappa shape index (κ1) is 10.7. The number of rotatable bonds is 1. The Morgan fingerprint density at radius 3 is 3.12 bits per heavy atom. The lowest BCUT2D eigenvalue weighted by Gasteiger charge is -2.14. The first-order valence-corrected chi connectivity index (χ1v) is 6.10. The molecule has 0 bridgehead atoms. The number of hydrogen-bond acceptors (Lipinski definition) is 4. The molecule has 1 aliphatic rings. The molecule has 0 saturated carbocycles. The van der Waals surface area contributed by atoms with Gasteiger partial charge >= 0.3 is 0 Å². The number of aromatic nitrogens is 3. The molecular weight excluding hydrogens is 284 g/mol. The Balaban J connectivity index is 2.15. The number of nitrogen functional groups attached to an aromatic ring is 1. The van der Waals surface area contributed by atoms with Crippen LogP contribution in [0.25, 0.3) is 5.69 Å². The van der Waals surface area contributed by atoms with Crippen molar-refractivity contribution in [3.63, 3.8) is 0 Å². The minimum absolute atomic E-state index is 0.541. The highest BCUT2D eigenvalue weighted by molar-refractivity contribution is 9.10. The molecule has 0 atom stereocenters. The van der Waals surface area contributed by atoms with E-state index in [1.807, 2.05) is 10.7 Å². The molecule has 1 aliphatic heterocycles. The highest BCUT2D eigenvalue weighted by atomic mass is 79.9. The summed E-state index contributed by atoms with van der Waals surface area (Å²) in [6, 6.07) is 1.97. The minimum atomic E-state index is 0.541. The van der Waals surface area contributed by atoms with Gasteiger partial charge in [-0.1, -0.05) is 0 Å². The van der Waals surface area contributed by atoms with Crippen LogP contribution in [0.1, 0.15) is 11.3 Å². The third-order valence-corrected chi connectivity index (χ3v) is 3.22. The van der Waals surface area contributed by atoms with Gasteiger partial charge in [-0.3, -0.25) is 4.98 Å². The number of ether oxygens (including phenoxy) is 1. The summed E-state index contributed by atoms with van der Waals surface area (Å²) in [6.07, 6.45) is 4.34. The molecule has 2 N–H and O–H groups in total. The fraction of sp³-hybridized carbons (Fsp3) is 0.273. The van der Waals surface area contributed by atoms with E-state index >= 15 is 0 Å². The summed E-state index contributed by atoms with van der Waals surface area (Å²) in [5.41, 5.74) is 8.92. The van der Waals surface area contributed by atoms with E-state index < -0.39 is 0 Å². The number of halogens is 1.